The number of carbonyl (C=O) groups excluding carboxylic acids is 3. The van der Waals surface area contributed by atoms with Crippen LogP contribution in [0.3, 0.4) is 0 Å². The van der Waals surface area contributed by atoms with Crippen LogP contribution in [0.25, 0.3) is 0 Å². The van der Waals surface area contributed by atoms with Crippen LogP contribution in [0.1, 0.15) is 21.5 Å². The lowest BCUT2D eigenvalue weighted by Crippen LogP contribution is -2.28. The number of nitrogens with one attached hydrogen (secondary N) is 1. The zero-order chi connectivity index (χ0) is 22.7. The molecule has 0 saturated carbocycles. The van der Waals surface area contributed by atoms with E-state index >= 15 is 0 Å². The average Bonchev–Trinajstić information content (AvgIpc) is 3.10. The van der Waals surface area contributed by atoms with Crippen LogP contribution in [-0.4, -0.2) is 32.3 Å². The largest absolute Gasteiger partial charge is 0.321 e. The van der Waals surface area contributed by atoms with Gasteiger partial charge in [0.05, 0.1) is 24.5 Å². The summed E-state index contributed by atoms with van der Waals surface area (Å²) in [6, 6.07) is 16.9. The molecule has 1 fully saturated rings. The first-order chi connectivity index (χ1) is 15.4. The van der Waals surface area contributed by atoms with Crippen molar-refractivity contribution >= 4 is 46.1 Å². The third-order valence-corrected chi connectivity index (χ3v) is 6.14. The summed E-state index contributed by atoms with van der Waals surface area (Å²) in [7, 11) is 0. The molecule has 0 atom stereocenters. The van der Waals surface area contributed by atoms with E-state index in [-0.39, 0.29) is 41.5 Å². The number of amides is 3. The fourth-order valence-electron chi connectivity index (χ4n) is 3.27. The van der Waals surface area contributed by atoms with Gasteiger partial charge in [-0.3, -0.25) is 24.1 Å². The molecular weight excluding hydrogens is 450 g/mol. The Morgan fingerprint density at radius 1 is 1.00 bits per heavy atom. The highest BCUT2D eigenvalue weighted by Crippen LogP contribution is 2.22. The van der Waals surface area contributed by atoms with Gasteiger partial charge in [-0.15, -0.1) is 0 Å². The molecular formula is C23H18ClN3O4S. The zero-order valence-corrected chi connectivity index (χ0v) is 18.4. The Bertz CT molecular complexity index is 1260. The number of carbonyl (C=O) groups is 3. The summed E-state index contributed by atoms with van der Waals surface area (Å²) in [5.74, 6) is -0.470. The summed E-state index contributed by atoms with van der Waals surface area (Å²) in [6.45, 7) is 0.391. The molecule has 2 heterocycles. The van der Waals surface area contributed by atoms with Crippen molar-refractivity contribution in [1.82, 2.24) is 9.47 Å². The Labute approximate surface area is 193 Å². The van der Waals surface area contributed by atoms with Gasteiger partial charge < -0.3 is 9.88 Å². The van der Waals surface area contributed by atoms with Gasteiger partial charge >= 0.3 is 0 Å². The van der Waals surface area contributed by atoms with Gasteiger partial charge in [0.15, 0.2) is 0 Å². The van der Waals surface area contributed by atoms with Crippen LogP contribution in [0.5, 0.6) is 0 Å². The molecule has 1 N–H and O–H groups in total. The Hall–Kier alpha value is -3.36. The van der Waals surface area contributed by atoms with E-state index in [1.165, 1.54) is 21.6 Å². The predicted octanol–water partition coefficient (Wildman–Crippen LogP) is 4.00. The minimum absolute atomic E-state index is 0.120. The molecule has 3 aromatic rings. The molecule has 4 rings (SSSR count). The summed E-state index contributed by atoms with van der Waals surface area (Å²) in [5.41, 5.74) is 2.07. The first kappa shape index (κ1) is 21.9. The number of pyridine rings is 1. The third-order valence-electron chi connectivity index (χ3n) is 4.91. The van der Waals surface area contributed by atoms with Crippen LogP contribution in [-0.2, 0) is 17.9 Å². The van der Waals surface area contributed by atoms with Crippen molar-refractivity contribution in [2.24, 2.45) is 0 Å². The molecule has 9 heteroatoms. The molecule has 2 aromatic carbocycles. The van der Waals surface area contributed by atoms with Crippen LogP contribution in [0.2, 0.25) is 5.02 Å². The SMILES string of the molecule is O=C(Nc1ccc(=O)n(Cc2ccccc2Cl)c1)c1cccc(CN2C(=O)CSC2=O)c1. The second-order valence-corrected chi connectivity index (χ2v) is 8.50. The van der Waals surface area contributed by atoms with Crippen molar-refractivity contribution in [2.45, 2.75) is 13.1 Å². The number of rotatable bonds is 6. The number of hydrogen-bond acceptors (Lipinski definition) is 5. The number of nitrogens with zero attached hydrogens (tertiary/aromatic N) is 2. The maximum absolute atomic E-state index is 12.8. The summed E-state index contributed by atoms with van der Waals surface area (Å²) in [6.07, 6.45) is 1.56. The van der Waals surface area contributed by atoms with E-state index in [0.29, 0.717) is 21.8 Å². The number of imide groups is 1. The lowest BCUT2D eigenvalue weighted by Gasteiger charge is -2.14. The van der Waals surface area contributed by atoms with Crippen LogP contribution in [0.15, 0.2) is 71.7 Å². The topological polar surface area (TPSA) is 88.5 Å². The van der Waals surface area contributed by atoms with Crippen LogP contribution in [0, 0.1) is 0 Å². The average molecular weight is 468 g/mol. The molecule has 0 unspecified atom stereocenters. The number of anilines is 1. The van der Waals surface area contributed by atoms with Crippen LogP contribution < -0.4 is 10.9 Å². The summed E-state index contributed by atoms with van der Waals surface area (Å²) in [5, 5.41) is 3.05. The normalized spacial score (nSPS) is 13.5. The lowest BCUT2D eigenvalue weighted by molar-refractivity contribution is -0.125. The quantitative estimate of drug-likeness (QED) is 0.592. The molecule has 1 saturated heterocycles. The van der Waals surface area contributed by atoms with Gasteiger partial charge in [-0.1, -0.05) is 53.7 Å². The van der Waals surface area contributed by atoms with Gasteiger partial charge in [-0.25, -0.2) is 0 Å². The molecule has 1 aliphatic heterocycles. The molecule has 0 aliphatic carbocycles. The molecule has 162 valence electrons. The van der Waals surface area contributed by atoms with Crippen molar-refractivity contribution in [3.05, 3.63) is 98.9 Å². The Balaban J connectivity index is 1.49. The zero-order valence-electron chi connectivity index (χ0n) is 16.8. The Morgan fingerprint density at radius 2 is 1.81 bits per heavy atom. The van der Waals surface area contributed by atoms with Gasteiger partial charge in [0, 0.05) is 22.8 Å². The second kappa shape index (κ2) is 9.42. The van der Waals surface area contributed by atoms with Crippen molar-refractivity contribution in [1.29, 1.82) is 0 Å². The van der Waals surface area contributed by atoms with Crippen molar-refractivity contribution in [3.8, 4) is 0 Å². The van der Waals surface area contributed by atoms with E-state index < -0.39 is 0 Å². The van der Waals surface area contributed by atoms with Crippen LogP contribution >= 0.6 is 23.4 Å². The molecule has 32 heavy (non-hydrogen) atoms. The van der Waals surface area contributed by atoms with E-state index in [1.807, 2.05) is 18.2 Å². The fraction of sp³-hybridized carbons (Fsp3) is 0.130. The highest BCUT2D eigenvalue weighted by atomic mass is 35.5. The number of thioether (sulfide) groups is 1. The highest BCUT2D eigenvalue weighted by Gasteiger charge is 2.29. The van der Waals surface area contributed by atoms with Crippen molar-refractivity contribution in [3.63, 3.8) is 0 Å². The van der Waals surface area contributed by atoms with Crippen molar-refractivity contribution in [2.75, 3.05) is 11.1 Å². The minimum atomic E-state index is -0.372. The van der Waals surface area contributed by atoms with Gasteiger partial charge in [0.2, 0.25) is 5.91 Å². The monoisotopic (exact) mass is 467 g/mol. The standard InChI is InChI=1S/C23H18ClN3O4S/c24-19-7-2-1-5-17(19)12-26-13-18(8-9-20(26)28)25-22(30)16-6-3-4-15(10-16)11-27-21(29)14-32-23(27)31/h1-10,13H,11-12,14H2,(H,25,30). The van der Waals surface area contributed by atoms with E-state index in [4.69, 9.17) is 11.6 Å². The smallest absolute Gasteiger partial charge is 0.289 e. The maximum Gasteiger partial charge on any atom is 0.289 e. The van der Waals surface area contributed by atoms with E-state index in [1.54, 1.807) is 36.5 Å². The minimum Gasteiger partial charge on any atom is -0.321 e. The molecule has 0 radical (unpaired) electrons. The number of benzene rings is 2. The van der Waals surface area contributed by atoms with Crippen molar-refractivity contribution < 1.29 is 14.4 Å². The molecule has 0 bridgehead atoms. The van der Waals surface area contributed by atoms with Gasteiger partial charge in [0.1, 0.15) is 0 Å². The number of hydrogen-bond donors (Lipinski definition) is 1. The highest BCUT2D eigenvalue weighted by molar-refractivity contribution is 8.14. The van der Waals surface area contributed by atoms with E-state index in [2.05, 4.69) is 5.32 Å². The van der Waals surface area contributed by atoms with Gasteiger partial charge in [0.25, 0.3) is 16.7 Å². The van der Waals surface area contributed by atoms with Gasteiger partial charge in [-0.2, -0.15) is 0 Å². The summed E-state index contributed by atoms with van der Waals surface area (Å²) < 4.78 is 1.47. The molecule has 1 aromatic heterocycles. The second-order valence-electron chi connectivity index (χ2n) is 7.16. The summed E-state index contributed by atoms with van der Waals surface area (Å²) in [4.78, 5) is 49.8. The Kier molecular flexibility index (Phi) is 6.43. The lowest BCUT2D eigenvalue weighted by atomic mass is 10.1. The molecule has 7 nitrogen and oxygen atoms in total. The predicted molar refractivity (Wildman–Crippen MR) is 124 cm³/mol. The van der Waals surface area contributed by atoms with E-state index in [0.717, 1.165) is 17.3 Å². The Morgan fingerprint density at radius 3 is 2.56 bits per heavy atom. The first-order valence-corrected chi connectivity index (χ1v) is 11.1. The van der Waals surface area contributed by atoms with E-state index in [9.17, 15) is 19.2 Å². The maximum atomic E-state index is 12.8. The van der Waals surface area contributed by atoms with Gasteiger partial charge in [-0.05, 0) is 35.4 Å². The fourth-order valence-corrected chi connectivity index (χ4v) is 4.19. The first-order valence-electron chi connectivity index (χ1n) is 9.72. The molecule has 3 amide bonds. The molecule has 1 aliphatic rings. The number of halogens is 1. The number of aromatic nitrogens is 1. The van der Waals surface area contributed by atoms with Crippen LogP contribution in [0.4, 0.5) is 10.5 Å². The summed E-state index contributed by atoms with van der Waals surface area (Å²) >= 11 is 7.16. The third kappa shape index (κ3) is 4.92. The molecule has 0 spiro atoms.